The molecule has 5 heteroatoms. The molecule has 3 N–H and O–H groups in total. The van der Waals surface area contributed by atoms with Crippen molar-refractivity contribution in [2.75, 3.05) is 6.54 Å². The summed E-state index contributed by atoms with van der Waals surface area (Å²) >= 11 is 0. The molecule has 0 atom stereocenters. The van der Waals surface area contributed by atoms with E-state index in [1.165, 1.54) is 12.1 Å². The van der Waals surface area contributed by atoms with E-state index in [4.69, 9.17) is 0 Å². The van der Waals surface area contributed by atoms with E-state index in [1.807, 2.05) is 6.92 Å². The van der Waals surface area contributed by atoms with Crippen LogP contribution in [0.2, 0.25) is 0 Å². The number of rotatable bonds is 5. The summed E-state index contributed by atoms with van der Waals surface area (Å²) in [6, 6.07) is 4.50. The van der Waals surface area contributed by atoms with Crippen LogP contribution in [0.4, 0.5) is 0 Å². The number of phenolic OH excluding ortho intramolecular Hbond substituents is 2. The fourth-order valence-corrected chi connectivity index (χ4v) is 1.73. The third-order valence-electron chi connectivity index (χ3n) is 3.11. The highest BCUT2D eigenvalue weighted by atomic mass is 16.4. The second-order valence-corrected chi connectivity index (χ2v) is 4.70. The largest absolute Gasteiger partial charge is 0.504 e. The number of hydrogen-bond donors (Lipinski definition) is 3. The van der Waals surface area contributed by atoms with E-state index in [2.05, 4.69) is 0 Å². The number of carboxylic acids is 1. The molecule has 0 spiro atoms. The monoisotopic (exact) mass is 253 g/mol. The lowest BCUT2D eigenvalue weighted by atomic mass is 10.0. The molecule has 5 nitrogen and oxygen atoms in total. The number of likely N-dealkylation sites (N-methyl/N-ethyl adjacent to an activating group) is 1. The van der Waals surface area contributed by atoms with Gasteiger partial charge in [0.25, 0.3) is 0 Å². The van der Waals surface area contributed by atoms with Gasteiger partial charge in [-0.15, -0.1) is 0 Å². The third-order valence-corrected chi connectivity index (χ3v) is 3.11. The van der Waals surface area contributed by atoms with Crippen LogP contribution in [0.25, 0.3) is 0 Å². The van der Waals surface area contributed by atoms with E-state index in [-0.39, 0.29) is 11.5 Å². The average molecular weight is 253 g/mol. The third kappa shape index (κ3) is 2.92. The first kappa shape index (κ1) is 14.3. The van der Waals surface area contributed by atoms with Gasteiger partial charge in [0.05, 0.1) is 0 Å². The fraction of sp³-hybridized carbons (Fsp3) is 0.462. The van der Waals surface area contributed by atoms with E-state index in [9.17, 15) is 20.1 Å². The summed E-state index contributed by atoms with van der Waals surface area (Å²) in [6.45, 7) is 6.12. The summed E-state index contributed by atoms with van der Waals surface area (Å²) in [5.41, 5.74) is -0.233. The summed E-state index contributed by atoms with van der Waals surface area (Å²) < 4.78 is 0. The Balaban J connectivity index is 2.93. The molecule has 0 unspecified atom stereocenters. The highest BCUT2D eigenvalue weighted by Crippen LogP contribution is 2.26. The molecule has 0 amide bonds. The van der Waals surface area contributed by atoms with Gasteiger partial charge in [-0.05, 0) is 38.1 Å². The predicted molar refractivity (Wildman–Crippen MR) is 67.6 cm³/mol. The maximum Gasteiger partial charge on any atom is 0.323 e. The van der Waals surface area contributed by atoms with Crippen molar-refractivity contribution in [2.45, 2.75) is 32.9 Å². The number of nitrogens with zero attached hydrogens (tertiary/aromatic N) is 1. The molecule has 0 aromatic heterocycles. The van der Waals surface area contributed by atoms with Crippen LogP contribution in [0.1, 0.15) is 26.3 Å². The van der Waals surface area contributed by atoms with E-state index < -0.39 is 11.5 Å². The van der Waals surface area contributed by atoms with Crippen LogP contribution in [0.3, 0.4) is 0 Å². The average Bonchev–Trinajstić information content (AvgIpc) is 2.30. The van der Waals surface area contributed by atoms with Crippen LogP contribution in [0, 0.1) is 0 Å². The lowest BCUT2D eigenvalue weighted by molar-refractivity contribution is -0.149. The molecular formula is C13H19NO4. The van der Waals surface area contributed by atoms with Crippen molar-refractivity contribution in [3.8, 4) is 11.5 Å². The minimum atomic E-state index is -0.984. The number of carboxylic acid groups (broad SMARTS) is 1. The van der Waals surface area contributed by atoms with Gasteiger partial charge in [-0.25, -0.2) is 0 Å². The maximum absolute atomic E-state index is 11.2. The zero-order valence-electron chi connectivity index (χ0n) is 10.8. The van der Waals surface area contributed by atoms with Gasteiger partial charge in [-0.2, -0.15) is 0 Å². The van der Waals surface area contributed by atoms with Crippen molar-refractivity contribution in [1.29, 1.82) is 0 Å². The van der Waals surface area contributed by atoms with E-state index in [0.29, 0.717) is 13.1 Å². The molecule has 0 saturated heterocycles. The lowest BCUT2D eigenvalue weighted by Crippen LogP contribution is -2.49. The maximum atomic E-state index is 11.2. The molecule has 1 rings (SSSR count). The highest BCUT2D eigenvalue weighted by molar-refractivity contribution is 5.77. The van der Waals surface area contributed by atoms with Gasteiger partial charge in [0.15, 0.2) is 11.5 Å². The van der Waals surface area contributed by atoms with Crippen molar-refractivity contribution >= 4 is 5.97 Å². The van der Waals surface area contributed by atoms with Gasteiger partial charge in [0, 0.05) is 6.54 Å². The van der Waals surface area contributed by atoms with Crippen molar-refractivity contribution in [3.05, 3.63) is 23.8 Å². The summed E-state index contributed by atoms with van der Waals surface area (Å²) in [5.74, 6) is -1.27. The summed E-state index contributed by atoms with van der Waals surface area (Å²) in [4.78, 5) is 13.0. The Morgan fingerprint density at radius 3 is 2.33 bits per heavy atom. The highest BCUT2D eigenvalue weighted by Gasteiger charge is 2.33. The number of hydrogen-bond acceptors (Lipinski definition) is 4. The van der Waals surface area contributed by atoms with Crippen molar-refractivity contribution < 1.29 is 20.1 Å². The van der Waals surface area contributed by atoms with E-state index >= 15 is 0 Å². The molecule has 0 aliphatic heterocycles. The normalized spacial score (nSPS) is 11.8. The molecule has 18 heavy (non-hydrogen) atoms. The fourth-order valence-electron chi connectivity index (χ4n) is 1.73. The van der Waals surface area contributed by atoms with Crippen LogP contribution in [-0.2, 0) is 11.3 Å². The summed E-state index contributed by atoms with van der Waals surface area (Å²) in [7, 11) is 0. The first-order valence-corrected chi connectivity index (χ1v) is 5.78. The first-order chi connectivity index (χ1) is 8.28. The number of phenols is 2. The zero-order chi connectivity index (χ0) is 13.9. The second-order valence-electron chi connectivity index (χ2n) is 4.70. The Hall–Kier alpha value is -1.75. The zero-order valence-corrected chi connectivity index (χ0v) is 10.8. The molecule has 1 aromatic carbocycles. The Morgan fingerprint density at radius 1 is 1.28 bits per heavy atom. The molecule has 0 heterocycles. The smallest absolute Gasteiger partial charge is 0.323 e. The molecule has 0 fully saturated rings. The van der Waals surface area contributed by atoms with E-state index in [1.54, 1.807) is 24.8 Å². The van der Waals surface area contributed by atoms with Gasteiger partial charge < -0.3 is 15.3 Å². The SMILES string of the molecule is CCN(Cc1ccc(O)c(O)c1)C(C)(C)C(=O)O. The number of aromatic hydroxyl groups is 2. The Labute approximate surface area is 106 Å². The molecule has 0 radical (unpaired) electrons. The van der Waals surface area contributed by atoms with Gasteiger partial charge in [0.1, 0.15) is 5.54 Å². The van der Waals surface area contributed by atoms with Crippen LogP contribution < -0.4 is 0 Å². The van der Waals surface area contributed by atoms with Crippen molar-refractivity contribution in [3.63, 3.8) is 0 Å². The number of benzene rings is 1. The van der Waals surface area contributed by atoms with Crippen molar-refractivity contribution in [1.82, 2.24) is 4.90 Å². The van der Waals surface area contributed by atoms with Gasteiger partial charge >= 0.3 is 5.97 Å². The molecule has 0 bridgehead atoms. The molecular weight excluding hydrogens is 234 g/mol. The first-order valence-electron chi connectivity index (χ1n) is 5.78. The Bertz CT molecular complexity index is 443. The number of carbonyl (C=O) groups is 1. The summed E-state index contributed by atoms with van der Waals surface area (Å²) in [6.07, 6.45) is 0. The number of aliphatic carboxylic acids is 1. The quantitative estimate of drug-likeness (QED) is 0.697. The molecule has 0 saturated carbocycles. The topological polar surface area (TPSA) is 81.0 Å². The minimum Gasteiger partial charge on any atom is -0.504 e. The van der Waals surface area contributed by atoms with Crippen LogP contribution in [0.5, 0.6) is 11.5 Å². The molecule has 100 valence electrons. The van der Waals surface area contributed by atoms with Crippen LogP contribution in [-0.4, -0.2) is 38.3 Å². The minimum absolute atomic E-state index is 0.181. The van der Waals surface area contributed by atoms with Gasteiger partial charge in [0.2, 0.25) is 0 Å². The van der Waals surface area contributed by atoms with Crippen LogP contribution >= 0.6 is 0 Å². The Kier molecular flexibility index (Phi) is 4.19. The second kappa shape index (κ2) is 5.27. The summed E-state index contributed by atoms with van der Waals surface area (Å²) in [5, 5.41) is 27.8. The molecule has 1 aromatic rings. The molecule has 0 aliphatic rings. The Morgan fingerprint density at radius 2 is 1.89 bits per heavy atom. The van der Waals surface area contributed by atoms with E-state index in [0.717, 1.165) is 5.56 Å². The predicted octanol–water partition coefficient (Wildman–Crippen LogP) is 1.78. The standard InChI is InChI=1S/C13H19NO4/c1-4-14(13(2,3)12(17)18)8-9-5-6-10(15)11(16)7-9/h5-7,15-16H,4,8H2,1-3H3,(H,17,18). The van der Waals surface area contributed by atoms with Crippen molar-refractivity contribution in [2.24, 2.45) is 0 Å². The van der Waals surface area contributed by atoms with Crippen LogP contribution in [0.15, 0.2) is 18.2 Å². The lowest BCUT2D eigenvalue weighted by Gasteiger charge is -2.34. The van der Waals surface area contributed by atoms with Gasteiger partial charge in [-0.1, -0.05) is 13.0 Å². The molecule has 0 aliphatic carbocycles. The van der Waals surface area contributed by atoms with Gasteiger partial charge in [-0.3, -0.25) is 9.69 Å².